The summed E-state index contributed by atoms with van der Waals surface area (Å²) in [5, 5.41) is 7.38. The second-order valence-electron chi connectivity index (χ2n) is 9.71. The normalized spacial score (nSPS) is 16.4. The second kappa shape index (κ2) is 9.83. The van der Waals surface area contributed by atoms with E-state index in [4.69, 9.17) is 14.7 Å². The Morgan fingerprint density at radius 3 is 2.61 bits per heavy atom. The van der Waals surface area contributed by atoms with E-state index in [-0.39, 0.29) is 23.7 Å². The molecule has 3 aromatic rings. The third kappa shape index (κ3) is 4.76. The molecule has 36 heavy (non-hydrogen) atoms. The summed E-state index contributed by atoms with van der Waals surface area (Å²) in [5.41, 5.74) is 4.36. The molecule has 0 atom stereocenters. The molecular weight excluding hydrogens is 466 g/mol. The van der Waals surface area contributed by atoms with Gasteiger partial charge in [-0.1, -0.05) is 13.8 Å². The number of carbonyl (C=O) groups excluding carboxylic acids is 1. The minimum atomic E-state index is -0.693. The van der Waals surface area contributed by atoms with E-state index in [1.165, 1.54) is 12.1 Å². The number of hydrogen-bond donors (Lipinski definition) is 1. The maximum atomic E-state index is 14.1. The molecule has 8 nitrogen and oxygen atoms in total. The Bertz CT molecular complexity index is 1270. The zero-order chi connectivity index (χ0) is 25.4. The standard InChI is InChI=1S/C26H30F2N6O2/c1-15(2)24-19(13-29-32-24)25-26(31-21-8-11-34(16(3)35)14-22(21)30-25)33-9-6-18(7-10-33)36-23-5-4-17(27)12-20(23)28/h4-5,12-13,15,18H,6-11,14H2,1-3H3,(H,29,32). The van der Waals surface area contributed by atoms with E-state index < -0.39 is 11.6 Å². The Hall–Kier alpha value is -3.56. The van der Waals surface area contributed by atoms with Crippen LogP contribution < -0.4 is 9.64 Å². The van der Waals surface area contributed by atoms with Crippen LogP contribution in [0.15, 0.2) is 24.4 Å². The van der Waals surface area contributed by atoms with Crippen molar-refractivity contribution in [2.45, 2.75) is 58.6 Å². The van der Waals surface area contributed by atoms with Gasteiger partial charge in [0.05, 0.1) is 24.1 Å². The van der Waals surface area contributed by atoms with Gasteiger partial charge < -0.3 is 14.5 Å². The number of carbonyl (C=O) groups is 1. The summed E-state index contributed by atoms with van der Waals surface area (Å²) in [4.78, 5) is 26.1. The lowest BCUT2D eigenvalue weighted by molar-refractivity contribution is -0.129. The van der Waals surface area contributed by atoms with Gasteiger partial charge >= 0.3 is 0 Å². The number of aromatic amines is 1. The van der Waals surface area contributed by atoms with E-state index in [9.17, 15) is 13.6 Å². The maximum Gasteiger partial charge on any atom is 0.219 e. The van der Waals surface area contributed by atoms with Gasteiger partial charge in [-0.3, -0.25) is 9.89 Å². The molecule has 1 fully saturated rings. The number of nitrogens with one attached hydrogen (secondary N) is 1. The quantitative estimate of drug-likeness (QED) is 0.569. The summed E-state index contributed by atoms with van der Waals surface area (Å²) in [6.45, 7) is 8.14. The van der Waals surface area contributed by atoms with Crippen molar-refractivity contribution < 1.29 is 18.3 Å². The number of H-pyrrole nitrogens is 1. The number of benzene rings is 1. The van der Waals surface area contributed by atoms with Crippen LogP contribution in [0.25, 0.3) is 11.3 Å². The Morgan fingerprint density at radius 1 is 1.14 bits per heavy atom. The summed E-state index contributed by atoms with van der Waals surface area (Å²) in [7, 11) is 0. The monoisotopic (exact) mass is 496 g/mol. The van der Waals surface area contributed by atoms with Crippen LogP contribution in [0.3, 0.4) is 0 Å². The SMILES string of the molecule is CC(=O)N1CCc2nc(N3CCC(Oc4ccc(F)cc4F)CC3)c(-c3cn[nH]c3C(C)C)nc2C1. The van der Waals surface area contributed by atoms with Gasteiger partial charge in [0.2, 0.25) is 5.91 Å². The molecule has 0 aliphatic carbocycles. The number of fused-ring (bicyclic) bond motifs is 1. The third-order valence-electron chi connectivity index (χ3n) is 6.87. The van der Waals surface area contributed by atoms with Gasteiger partial charge in [-0.2, -0.15) is 5.10 Å². The molecule has 1 amide bonds. The number of anilines is 1. The predicted molar refractivity (Wildman–Crippen MR) is 131 cm³/mol. The lowest BCUT2D eigenvalue weighted by Crippen LogP contribution is -2.40. The molecule has 1 N–H and O–H groups in total. The summed E-state index contributed by atoms with van der Waals surface area (Å²) in [6.07, 6.45) is 3.58. The first kappa shape index (κ1) is 24.1. The average molecular weight is 497 g/mol. The Labute approximate surface area is 208 Å². The van der Waals surface area contributed by atoms with E-state index >= 15 is 0 Å². The van der Waals surface area contributed by atoms with E-state index in [1.54, 1.807) is 18.0 Å². The molecule has 1 aromatic carbocycles. The number of amides is 1. The van der Waals surface area contributed by atoms with Crippen molar-refractivity contribution in [2.24, 2.45) is 0 Å². The molecule has 5 rings (SSSR count). The molecule has 2 aromatic heterocycles. The molecule has 0 radical (unpaired) electrons. The van der Waals surface area contributed by atoms with Gasteiger partial charge in [0.15, 0.2) is 17.4 Å². The van der Waals surface area contributed by atoms with Crippen molar-refractivity contribution in [2.75, 3.05) is 24.5 Å². The first-order valence-electron chi connectivity index (χ1n) is 12.4. The number of ether oxygens (including phenoxy) is 1. The molecule has 2 aliphatic rings. The lowest BCUT2D eigenvalue weighted by atomic mass is 10.0. The first-order chi connectivity index (χ1) is 17.3. The summed E-state index contributed by atoms with van der Waals surface area (Å²) < 4.78 is 33.2. The minimum absolute atomic E-state index is 0.0268. The van der Waals surface area contributed by atoms with Gasteiger partial charge in [-0.05, 0) is 18.1 Å². The Balaban J connectivity index is 1.42. The van der Waals surface area contributed by atoms with Crippen LogP contribution in [-0.4, -0.2) is 56.7 Å². The van der Waals surface area contributed by atoms with Gasteiger partial charge in [-0.25, -0.2) is 18.7 Å². The number of halogens is 2. The highest BCUT2D eigenvalue weighted by molar-refractivity contribution is 5.76. The van der Waals surface area contributed by atoms with E-state index in [0.717, 1.165) is 40.2 Å². The van der Waals surface area contributed by atoms with Crippen LogP contribution in [0.4, 0.5) is 14.6 Å². The van der Waals surface area contributed by atoms with Crippen molar-refractivity contribution in [3.05, 3.63) is 53.1 Å². The highest BCUT2D eigenvalue weighted by Crippen LogP contribution is 2.35. The topological polar surface area (TPSA) is 87.2 Å². The number of nitrogens with zero attached hydrogens (tertiary/aromatic N) is 5. The smallest absolute Gasteiger partial charge is 0.219 e. The highest BCUT2D eigenvalue weighted by Gasteiger charge is 2.30. The minimum Gasteiger partial charge on any atom is -0.487 e. The second-order valence-corrected chi connectivity index (χ2v) is 9.71. The van der Waals surface area contributed by atoms with Crippen molar-refractivity contribution in [3.8, 4) is 17.0 Å². The zero-order valence-corrected chi connectivity index (χ0v) is 20.7. The largest absolute Gasteiger partial charge is 0.487 e. The molecular formula is C26H30F2N6O2. The fourth-order valence-electron chi connectivity index (χ4n) is 4.85. The molecule has 1 saturated heterocycles. The Morgan fingerprint density at radius 2 is 1.92 bits per heavy atom. The van der Waals surface area contributed by atoms with Gasteiger partial charge in [-0.15, -0.1) is 0 Å². The maximum absolute atomic E-state index is 14.1. The molecule has 190 valence electrons. The van der Waals surface area contributed by atoms with E-state index in [2.05, 4.69) is 28.9 Å². The summed E-state index contributed by atoms with van der Waals surface area (Å²) in [5.74, 6) is -0.218. The van der Waals surface area contributed by atoms with Crippen LogP contribution in [-0.2, 0) is 17.8 Å². The van der Waals surface area contributed by atoms with Crippen molar-refractivity contribution in [1.82, 2.24) is 25.1 Å². The Kier molecular flexibility index (Phi) is 6.59. The number of aromatic nitrogens is 4. The predicted octanol–water partition coefficient (Wildman–Crippen LogP) is 4.22. The number of piperidine rings is 1. The fourth-order valence-corrected chi connectivity index (χ4v) is 4.85. The summed E-state index contributed by atoms with van der Waals surface area (Å²) >= 11 is 0. The summed E-state index contributed by atoms with van der Waals surface area (Å²) in [6, 6.07) is 3.37. The molecule has 0 saturated carbocycles. The van der Waals surface area contributed by atoms with Crippen LogP contribution in [0.2, 0.25) is 0 Å². The molecule has 2 aliphatic heterocycles. The molecule has 0 spiro atoms. The van der Waals surface area contributed by atoms with E-state index in [1.807, 2.05) is 0 Å². The van der Waals surface area contributed by atoms with Gasteiger partial charge in [0.1, 0.15) is 17.6 Å². The number of rotatable bonds is 5. The molecule has 10 heteroatoms. The van der Waals surface area contributed by atoms with Crippen molar-refractivity contribution in [1.29, 1.82) is 0 Å². The van der Waals surface area contributed by atoms with Crippen molar-refractivity contribution >= 4 is 11.7 Å². The van der Waals surface area contributed by atoms with Crippen LogP contribution >= 0.6 is 0 Å². The molecule has 0 bridgehead atoms. The van der Waals surface area contributed by atoms with Crippen LogP contribution in [0, 0.1) is 11.6 Å². The van der Waals surface area contributed by atoms with Crippen LogP contribution in [0.1, 0.15) is 56.6 Å². The van der Waals surface area contributed by atoms with Gasteiger partial charge in [0.25, 0.3) is 0 Å². The third-order valence-corrected chi connectivity index (χ3v) is 6.87. The fraction of sp³-hybridized carbons (Fsp3) is 0.462. The average Bonchev–Trinajstić information content (AvgIpc) is 3.35. The molecule has 0 unspecified atom stereocenters. The van der Waals surface area contributed by atoms with Gasteiger partial charge in [0, 0.05) is 63.1 Å². The zero-order valence-electron chi connectivity index (χ0n) is 20.7. The number of hydrogen-bond acceptors (Lipinski definition) is 6. The highest BCUT2D eigenvalue weighted by atomic mass is 19.1. The lowest BCUT2D eigenvalue weighted by Gasteiger charge is -2.35. The van der Waals surface area contributed by atoms with E-state index in [0.29, 0.717) is 45.4 Å². The van der Waals surface area contributed by atoms with Crippen molar-refractivity contribution in [3.63, 3.8) is 0 Å². The molecule has 4 heterocycles. The first-order valence-corrected chi connectivity index (χ1v) is 12.4. The van der Waals surface area contributed by atoms with Crippen LogP contribution in [0.5, 0.6) is 5.75 Å².